The van der Waals surface area contributed by atoms with E-state index in [1.165, 1.54) is 24.0 Å². The van der Waals surface area contributed by atoms with E-state index in [1.807, 2.05) is 4.90 Å². The van der Waals surface area contributed by atoms with Crippen LogP contribution >= 0.6 is 0 Å². The van der Waals surface area contributed by atoms with E-state index in [4.69, 9.17) is 0 Å². The third-order valence-corrected chi connectivity index (χ3v) is 5.23. The van der Waals surface area contributed by atoms with Gasteiger partial charge in [0, 0.05) is 18.7 Å². The maximum Gasteiger partial charge on any atom is 0.253 e. The number of likely N-dealkylation sites (tertiary alicyclic amines) is 1. The molecule has 0 unspecified atom stereocenters. The molecule has 0 aromatic heterocycles. The second-order valence-corrected chi connectivity index (χ2v) is 7.13. The smallest absolute Gasteiger partial charge is 0.253 e. The molecule has 2 aliphatic rings. The summed E-state index contributed by atoms with van der Waals surface area (Å²) in [7, 11) is 0. The molecule has 120 valence electrons. The minimum Gasteiger partial charge on any atom is -0.339 e. The van der Waals surface area contributed by atoms with E-state index in [0.717, 1.165) is 50.5 Å². The van der Waals surface area contributed by atoms with Crippen LogP contribution < -0.4 is 5.32 Å². The molecular formula is C19H28N2O. The zero-order valence-corrected chi connectivity index (χ0v) is 13.9. The molecule has 3 rings (SSSR count). The third kappa shape index (κ3) is 3.52. The molecule has 2 saturated heterocycles. The van der Waals surface area contributed by atoms with Gasteiger partial charge in [-0.05, 0) is 75.2 Å². The van der Waals surface area contributed by atoms with Crippen LogP contribution in [0.25, 0.3) is 0 Å². The number of hydrogen-bond acceptors (Lipinski definition) is 2. The molecule has 1 aromatic rings. The molecular weight excluding hydrogens is 272 g/mol. The fourth-order valence-corrected chi connectivity index (χ4v) is 3.72. The topological polar surface area (TPSA) is 32.3 Å². The highest BCUT2D eigenvalue weighted by molar-refractivity contribution is 5.94. The average molecular weight is 300 g/mol. The summed E-state index contributed by atoms with van der Waals surface area (Å²) in [5, 5.41) is 3.42. The van der Waals surface area contributed by atoms with Gasteiger partial charge in [0.2, 0.25) is 0 Å². The molecule has 0 aliphatic carbocycles. The van der Waals surface area contributed by atoms with Crippen molar-refractivity contribution in [2.45, 2.75) is 45.4 Å². The van der Waals surface area contributed by atoms with Gasteiger partial charge in [-0.2, -0.15) is 0 Å². The number of aryl methyl sites for hydroxylation is 1. The Morgan fingerprint density at radius 2 is 1.77 bits per heavy atom. The molecule has 0 radical (unpaired) electrons. The van der Waals surface area contributed by atoms with Crippen molar-refractivity contribution in [1.29, 1.82) is 0 Å². The summed E-state index contributed by atoms with van der Waals surface area (Å²) >= 11 is 0. The van der Waals surface area contributed by atoms with Crippen molar-refractivity contribution in [2.75, 3.05) is 26.2 Å². The first-order chi connectivity index (χ1) is 10.6. The Bertz CT molecular complexity index is 526. The molecule has 2 fully saturated rings. The van der Waals surface area contributed by atoms with Gasteiger partial charge in [0.25, 0.3) is 5.91 Å². The zero-order chi connectivity index (χ0) is 15.5. The average Bonchev–Trinajstić information content (AvgIpc) is 2.55. The van der Waals surface area contributed by atoms with Crippen LogP contribution in [0.3, 0.4) is 0 Å². The molecule has 1 aromatic carbocycles. The van der Waals surface area contributed by atoms with Crippen molar-refractivity contribution < 1.29 is 4.79 Å². The van der Waals surface area contributed by atoms with Crippen molar-refractivity contribution in [3.05, 3.63) is 34.9 Å². The summed E-state index contributed by atoms with van der Waals surface area (Å²) in [5.41, 5.74) is 3.46. The predicted molar refractivity (Wildman–Crippen MR) is 90.3 cm³/mol. The van der Waals surface area contributed by atoms with E-state index >= 15 is 0 Å². The van der Waals surface area contributed by atoms with E-state index in [-0.39, 0.29) is 5.91 Å². The van der Waals surface area contributed by atoms with Crippen LogP contribution in [-0.2, 0) is 0 Å². The lowest BCUT2D eigenvalue weighted by molar-refractivity contribution is 0.0697. The SMILES string of the molecule is Cc1cc(C(=O)N2CCC(C)CC2)cc(C2CCNCC2)c1. The lowest BCUT2D eigenvalue weighted by Gasteiger charge is -2.31. The lowest BCUT2D eigenvalue weighted by atomic mass is 9.88. The summed E-state index contributed by atoms with van der Waals surface area (Å²) in [6, 6.07) is 6.49. The number of carbonyl (C=O) groups is 1. The molecule has 3 heteroatoms. The number of carbonyl (C=O) groups excluding carboxylic acids is 1. The first-order valence-corrected chi connectivity index (χ1v) is 8.75. The monoisotopic (exact) mass is 300 g/mol. The van der Waals surface area contributed by atoms with Gasteiger partial charge in [0.05, 0.1) is 0 Å². The number of amides is 1. The first kappa shape index (κ1) is 15.5. The molecule has 0 bridgehead atoms. The van der Waals surface area contributed by atoms with E-state index < -0.39 is 0 Å². The summed E-state index contributed by atoms with van der Waals surface area (Å²) in [6.07, 6.45) is 4.63. The van der Waals surface area contributed by atoms with Crippen molar-refractivity contribution in [1.82, 2.24) is 10.2 Å². The largest absolute Gasteiger partial charge is 0.339 e. The zero-order valence-electron chi connectivity index (χ0n) is 13.9. The Morgan fingerprint density at radius 3 is 2.45 bits per heavy atom. The van der Waals surface area contributed by atoms with Gasteiger partial charge in [0.1, 0.15) is 0 Å². The highest BCUT2D eigenvalue weighted by Gasteiger charge is 2.23. The van der Waals surface area contributed by atoms with Gasteiger partial charge in [-0.25, -0.2) is 0 Å². The Balaban J connectivity index is 1.78. The maximum absolute atomic E-state index is 12.8. The quantitative estimate of drug-likeness (QED) is 0.908. The fourth-order valence-electron chi connectivity index (χ4n) is 3.72. The highest BCUT2D eigenvalue weighted by atomic mass is 16.2. The Kier molecular flexibility index (Phi) is 4.82. The van der Waals surface area contributed by atoms with Gasteiger partial charge in [-0.15, -0.1) is 0 Å². The van der Waals surface area contributed by atoms with Crippen LogP contribution in [0.4, 0.5) is 0 Å². The van der Waals surface area contributed by atoms with Gasteiger partial charge in [0.15, 0.2) is 0 Å². The minimum absolute atomic E-state index is 0.228. The van der Waals surface area contributed by atoms with Crippen LogP contribution in [0.1, 0.15) is 60.0 Å². The van der Waals surface area contributed by atoms with Gasteiger partial charge < -0.3 is 10.2 Å². The summed E-state index contributed by atoms with van der Waals surface area (Å²) < 4.78 is 0. The third-order valence-electron chi connectivity index (χ3n) is 5.23. The number of nitrogens with one attached hydrogen (secondary N) is 1. The molecule has 22 heavy (non-hydrogen) atoms. The molecule has 2 heterocycles. The normalized spacial score (nSPS) is 21.1. The van der Waals surface area contributed by atoms with Gasteiger partial charge in [-0.1, -0.05) is 18.6 Å². The molecule has 0 atom stereocenters. The van der Waals surface area contributed by atoms with E-state index in [1.54, 1.807) is 0 Å². The molecule has 0 saturated carbocycles. The number of nitrogens with zero attached hydrogens (tertiary/aromatic N) is 1. The first-order valence-electron chi connectivity index (χ1n) is 8.75. The summed E-state index contributed by atoms with van der Waals surface area (Å²) in [5.74, 6) is 1.59. The van der Waals surface area contributed by atoms with E-state index in [2.05, 4.69) is 37.4 Å². The second-order valence-electron chi connectivity index (χ2n) is 7.13. The number of piperidine rings is 2. The van der Waals surface area contributed by atoms with Crippen LogP contribution in [0.15, 0.2) is 18.2 Å². The standard InChI is InChI=1S/C19H28N2O/c1-14-5-9-21(10-6-14)19(22)18-12-15(2)11-17(13-18)16-3-7-20-8-4-16/h11-14,16,20H,3-10H2,1-2H3. The Hall–Kier alpha value is -1.35. The minimum atomic E-state index is 0.228. The van der Waals surface area contributed by atoms with Gasteiger partial charge in [-0.3, -0.25) is 4.79 Å². The van der Waals surface area contributed by atoms with Crippen LogP contribution in [0.2, 0.25) is 0 Å². The van der Waals surface area contributed by atoms with Crippen molar-refractivity contribution >= 4 is 5.91 Å². The molecule has 1 N–H and O–H groups in total. The highest BCUT2D eigenvalue weighted by Crippen LogP contribution is 2.28. The summed E-state index contributed by atoms with van der Waals surface area (Å²) in [6.45, 7) is 8.40. The van der Waals surface area contributed by atoms with E-state index in [0.29, 0.717) is 5.92 Å². The Morgan fingerprint density at radius 1 is 1.09 bits per heavy atom. The molecule has 3 nitrogen and oxygen atoms in total. The van der Waals surface area contributed by atoms with Crippen LogP contribution in [-0.4, -0.2) is 37.0 Å². The van der Waals surface area contributed by atoms with Crippen molar-refractivity contribution in [2.24, 2.45) is 5.92 Å². The molecule has 1 amide bonds. The number of hydrogen-bond donors (Lipinski definition) is 1. The fraction of sp³-hybridized carbons (Fsp3) is 0.632. The lowest BCUT2D eigenvalue weighted by Crippen LogP contribution is -2.38. The Labute approximate surface area is 134 Å². The number of rotatable bonds is 2. The van der Waals surface area contributed by atoms with Gasteiger partial charge >= 0.3 is 0 Å². The summed E-state index contributed by atoms with van der Waals surface area (Å²) in [4.78, 5) is 14.8. The number of benzene rings is 1. The molecule has 2 aliphatic heterocycles. The molecule has 0 spiro atoms. The van der Waals surface area contributed by atoms with Crippen LogP contribution in [0, 0.1) is 12.8 Å². The van der Waals surface area contributed by atoms with E-state index in [9.17, 15) is 4.79 Å². The van der Waals surface area contributed by atoms with Crippen molar-refractivity contribution in [3.8, 4) is 0 Å². The second kappa shape index (κ2) is 6.82. The van der Waals surface area contributed by atoms with Crippen LogP contribution in [0.5, 0.6) is 0 Å². The maximum atomic E-state index is 12.8. The van der Waals surface area contributed by atoms with Crippen molar-refractivity contribution in [3.63, 3.8) is 0 Å². The predicted octanol–water partition coefficient (Wildman–Crippen LogP) is 3.33.